The van der Waals surface area contributed by atoms with E-state index in [-0.39, 0.29) is 0 Å². The molecule has 4 heteroatoms. The first kappa shape index (κ1) is 11.5. The van der Waals surface area contributed by atoms with E-state index in [2.05, 4.69) is 21.4 Å². The molecule has 0 N–H and O–H groups in total. The maximum absolute atomic E-state index is 5.70. The summed E-state index contributed by atoms with van der Waals surface area (Å²) in [6.07, 6.45) is 6.83. The van der Waals surface area contributed by atoms with Crippen molar-refractivity contribution in [2.45, 2.75) is 19.9 Å². The maximum atomic E-state index is 5.70. The van der Waals surface area contributed by atoms with Crippen LogP contribution < -0.4 is 0 Å². The number of hydrogen-bond donors (Lipinski definition) is 0. The normalized spacial score (nSPS) is 11.1. The summed E-state index contributed by atoms with van der Waals surface area (Å²) in [6.45, 7) is 6.39. The molecule has 80 valence electrons. The second-order valence-corrected chi connectivity index (χ2v) is 3.66. The Bertz CT molecular complexity index is 223. The molecule has 1 rings (SSSR count). The third-order valence-corrected chi connectivity index (χ3v) is 2.47. The third kappa shape index (κ3) is 4.11. The standard InChI is InChI=1S/C10H18ClN3/c1-2-13(8-4-11)6-3-7-14-9-5-12-10-14/h5,9-10H,2-4,6-8H2,1H3. The van der Waals surface area contributed by atoms with Crippen molar-refractivity contribution in [2.24, 2.45) is 0 Å². The summed E-state index contributed by atoms with van der Waals surface area (Å²) in [7, 11) is 0. The van der Waals surface area contributed by atoms with Crippen molar-refractivity contribution in [3.63, 3.8) is 0 Å². The summed E-state index contributed by atoms with van der Waals surface area (Å²) in [4.78, 5) is 6.37. The number of hydrogen-bond acceptors (Lipinski definition) is 2. The number of aromatic nitrogens is 2. The average molecular weight is 216 g/mol. The second-order valence-electron chi connectivity index (χ2n) is 3.28. The smallest absolute Gasteiger partial charge is 0.0945 e. The minimum atomic E-state index is 0.721. The van der Waals surface area contributed by atoms with Crippen molar-refractivity contribution in [1.29, 1.82) is 0 Å². The number of halogens is 1. The van der Waals surface area contributed by atoms with E-state index in [1.807, 2.05) is 18.7 Å². The van der Waals surface area contributed by atoms with E-state index < -0.39 is 0 Å². The van der Waals surface area contributed by atoms with Crippen LogP contribution in [-0.2, 0) is 6.54 Å². The van der Waals surface area contributed by atoms with Gasteiger partial charge in [0.25, 0.3) is 0 Å². The molecule has 0 unspecified atom stereocenters. The molecule has 1 heterocycles. The number of imidazole rings is 1. The SMILES string of the molecule is CCN(CCCl)CCCn1ccnc1. The van der Waals surface area contributed by atoms with Gasteiger partial charge in [-0.15, -0.1) is 11.6 Å². The molecule has 1 aromatic heterocycles. The highest BCUT2D eigenvalue weighted by atomic mass is 35.5. The van der Waals surface area contributed by atoms with Crippen molar-refractivity contribution in [3.8, 4) is 0 Å². The lowest BCUT2D eigenvalue weighted by Crippen LogP contribution is -2.27. The van der Waals surface area contributed by atoms with Crippen LogP contribution in [0, 0.1) is 0 Å². The molecule has 0 amide bonds. The number of alkyl halides is 1. The molecule has 0 spiro atoms. The fourth-order valence-electron chi connectivity index (χ4n) is 1.44. The summed E-state index contributed by atoms with van der Waals surface area (Å²) >= 11 is 5.70. The molecular formula is C10H18ClN3. The largest absolute Gasteiger partial charge is 0.337 e. The van der Waals surface area contributed by atoms with Gasteiger partial charge in [-0.3, -0.25) is 0 Å². The average Bonchev–Trinajstić information content (AvgIpc) is 2.69. The molecular weight excluding hydrogens is 198 g/mol. The zero-order valence-electron chi connectivity index (χ0n) is 8.69. The Morgan fingerprint density at radius 2 is 2.29 bits per heavy atom. The Kier molecular flexibility index (Phi) is 5.64. The molecule has 0 saturated heterocycles. The lowest BCUT2D eigenvalue weighted by Gasteiger charge is -2.18. The Labute approximate surface area is 90.7 Å². The zero-order chi connectivity index (χ0) is 10.2. The number of aryl methyl sites for hydroxylation is 1. The minimum Gasteiger partial charge on any atom is -0.337 e. The summed E-state index contributed by atoms with van der Waals surface area (Å²) < 4.78 is 2.11. The van der Waals surface area contributed by atoms with Gasteiger partial charge in [0.15, 0.2) is 0 Å². The molecule has 0 bridgehead atoms. The highest BCUT2D eigenvalue weighted by Crippen LogP contribution is 1.95. The van der Waals surface area contributed by atoms with Gasteiger partial charge in [-0.1, -0.05) is 6.92 Å². The van der Waals surface area contributed by atoms with Crippen LogP contribution in [0.2, 0.25) is 0 Å². The molecule has 1 aromatic rings. The fraction of sp³-hybridized carbons (Fsp3) is 0.700. The highest BCUT2D eigenvalue weighted by Gasteiger charge is 2.00. The topological polar surface area (TPSA) is 21.1 Å². The molecule has 0 aromatic carbocycles. The van der Waals surface area contributed by atoms with Crippen LogP contribution in [0.5, 0.6) is 0 Å². The van der Waals surface area contributed by atoms with Crippen LogP contribution in [0.15, 0.2) is 18.7 Å². The first-order valence-corrected chi connectivity index (χ1v) is 5.64. The summed E-state index contributed by atoms with van der Waals surface area (Å²) in [6, 6.07) is 0. The molecule has 0 fully saturated rings. The molecule has 0 saturated carbocycles. The molecule has 0 aliphatic rings. The van der Waals surface area contributed by atoms with Crippen molar-refractivity contribution in [2.75, 3.05) is 25.5 Å². The van der Waals surface area contributed by atoms with Gasteiger partial charge in [0.05, 0.1) is 6.33 Å². The van der Waals surface area contributed by atoms with E-state index in [9.17, 15) is 0 Å². The van der Waals surface area contributed by atoms with Crippen molar-refractivity contribution < 1.29 is 0 Å². The van der Waals surface area contributed by atoms with Gasteiger partial charge in [0.1, 0.15) is 0 Å². The summed E-state index contributed by atoms with van der Waals surface area (Å²) in [5.74, 6) is 0.721. The van der Waals surface area contributed by atoms with E-state index in [4.69, 9.17) is 11.6 Å². The van der Waals surface area contributed by atoms with Crippen molar-refractivity contribution in [3.05, 3.63) is 18.7 Å². The number of nitrogens with zero attached hydrogens (tertiary/aromatic N) is 3. The quantitative estimate of drug-likeness (QED) is 0.648. The van der Waals surface area contributed by atoms with Gasteiger partial charge in [-0.2, -0.15) is 0 Å². The highest BCUT2D eigenvalue weighted by molar-refractivity contribution is 6.18. The van der Waals surface area contributed by atoms with E-state index in [1.165, 1.54) is 0 Å². The van der Waals surface area contributed by atoms with Gasteiger partial charge in [0, 0.05) is 31.4 Å². The van der Waals surface area contributed by atoms with Crippen LogP contribution in [-0.4, -0.2) is 40.0 Å². The predicted molar refractivity (Wildman–Crippen MR) is 59.7 cm³/mol. The van der Waals surface area contributed by atoms with Gasteiger partial charge in [0.2, 0.25) is 0 Å². The second kappa shape index (κ2) is 6.85. The Balaban J connectivity index is 2.13. The minimum absolute atomic E-state index is 0.721. The number of rotatable bonds is 7. The van der Waals surface area contributed by atoms with Crippen LogP contribution in [0.1, 0.15) is 13.3 Å². The first-order valence-electron chi connectivity index (χ1n) is 5.11. The molecule has 0 aliphatic heterocycles. The van der Waals surface area contributed by atoms with E-state index in [0.717, 1.165) is 38.5 Å². The fourth-order valence-corrected chi connectivity index (χ4v) is 1.68. The zero-order valence-corrected chi connectivity index (χ0v) is 9.45. The van der Waals surface area contributed by atoms with E-state index in [0.29, 0.717) is 0 Å². The summed E-state index contributed by atoms with van der Waals surface area (Å²) in [5, 5.41) is 0. The molecule has 0 radical (unpaired) electrons. The van der Waals surface area contributed by atoms with E-state index >= 15 is 0 Å². The first-order chi connectivity index (χ1) is 6.86. The van der Waals surface area contributed by atoms with E-state index in [1.54, 1.807) is 0 Å². The predicted octanol–water partition coefficient (Wildman–Crippen LogP) is 1.83. The van der Waals surface area contributed by atoms with Gasteiger partial charge >= 0.3 is 0 Å². The molecule has 14 heavy (non-hydrogen) atoms. The Hall–Kier alpha value is -0.540. The van der Waals surface area contributed by atoms with Crippen LogP contribution >= 0.6 is 11.6 Å². The van der Waals surface area contributed by atoms with Crippen LogP contribution in [0.4, 0.5) is 0 Å². The van der Waals surface area contributed by atoms with Crippen LogP contribution in [0.3, 0.4) is 0 Å². The summed E-state index contributed by atoms with van der Waals surface area (Å²) in [5.41, 5.74) is 0. The Morgan fingerprint density at radius 1 is 1.43 bits per heavy atom. The van der Waals surface area contributed by atoms with Gasteiger partial charge in [-0.05, 0) is 19.5 Å². The van der Waals surface area contributed by atoms with Gasteiger partial charge in [-0.25, -0.2) is 4.98 Å². The monoisotopic (exact) mass is 215 g/mol. The van der Waals surface area contributed by atoms with Crippen molar-refractivity contribution in [1.82, 2.24) is 14.5 Å². The lowest BCUT2D eigenvalue weighted by molar-refractivity contribution is 0.295. The molecule has 0 atom stereocenters. The molecule has 3 nitrogen and oxygen atoms in total. The maximum Gasteiger partial charge on any atom is 0.0945 e. The van der Waals surface area contributed by atoms with Gasteiger partial charge < -0.3 is 9.47 Å². The third-order valence-electron chi connectivity index (χ3n) is 2.30. The van der Waals surface area contributed by atoms with Crippen molar-refractivity contribution >= 4 is 11.6 Å². The Morgan fingerprint density at radius 3 is 2.86 bits per heavy atom. The lowest BCUT2D eigenvalue weighted by atomic mass is 10.3. The molecule has 0 aliphatic carbocycles. The van der Waals surface area contributed by atoms with Crippen LogP contribution in [0.25, 0.3) is 0 Å².